The lowest BCUT2D eigenvalue weighted by molar-refractivity contribution is -0.383. The molecule has 0 aliphatic heterocycles. The first kappa shape index (κ1) is 8.37. The summed E-state index contributed by atoms with van der Waals surface area (Å²) in [6, 6.07) is 3.40. The third-order valence-electron chi connectivity index (χ3n) is 2.29. The van der Waals surface area contributed by atoms with Crippen molar-refractivity contribution in [2.24, 2.45) is 0 Å². The second-order valence-electron chi connectivity index (χ2n) is 3.08. The van der Waals surface area contributed by atoms with E-state index in [9.17, 15) is 10.1 Å². The average Bonchev–Trinajstić information content (AvgIpc) is 2.82. The first-order valence-electron chi connectivity index (χ1n) is 4.25. The van der Waals surface area contributed by atoms with Crippen LogP contribution in [0.25, 0.3) is 15.9 Å². The minimum absolute atomic E-state index is 0.0931. The normalized spacial score (nSPS) is 11.2. The fraction of sp³-hybridized carbons (Fsp3) is 0. The Balaban J connectivity index is 2.51. The summed E-state index contributed by atoms with van der Waals surface area (Å²) in [6.45, 7) is 0. The molecule has 0 saturated carbocycles. The van der Waals surface area contributed by atoms with Gasteiger partial charge in [-0.1, -0.05) is 0 Å². The van der Waals surface area contributed by atoms with Crippen molar-refractivity contribution in [3.63, 3.8) is 0 Å². The quantitative estimate of drug-likeness (QED) is 0.466. The number of nitro groups is 1. The molecule has 0 spiro atoms. The minimum atomic E-state index is -0.394. The van der Waals surface area contributed by atoms with Crippen LogP contribution in [0.1, 0.15) is 0 Å². The number of rotatable bonds is 1. The Morgan fingerprint density at radius 2 is 2.27 bits per heavy atom. The summed E-state index contributed by atoms with van der Waals surface area (Å²) in [7, 11) is 0. The second kappa shape index (κ2) is 2.77. The molecule has 0 fully saturated rings. The highest BCUT2D eigenvalue weighted by molar-refractivity contribution is 7.16. The Morgan fingerprint density at radius 1 is 1.40 bits per heavy atom. The first-order chi connectivity index (χ1) is 7.27. The van der Waals surface area contributed by atoms with Crippen molar-refractivity contribution in [1.82, 2.24) is 9.38 Å². The van der Waals surface area contributed by atoms with Crippen molar-refractivity contribution in [3.8, 4) is 0 Å². The zero-order chi connectivity index (χ0) is 10.4. The van der Waals surface area contributed by atoms with Gasteiger partial charge in [-0.3, -0.25) is 10.1 Å². The lowest BCUT2D eigenvalue weighted by Crippen LogP contribution is -1.89. The van der Waals surface area contributed by atoms with Gasteiger partial charge < -0.3 is 4.40 Å². The minimum Gasteiger partial charge on any atom is -0.307 e. The summed E-state index contributed by atoms with van der Waals surface area (Å²) in [6.07, 6.45) is 3.24. The topological polar surface area (TPSA) is 60.4 Å². The van der Waals surface area contributed by atoms with Crippen molar-refractivity contribution in [3.05, 3.63) is 40.0 Å². The van der Waals surface area contributed by atoms with Gasteiger partial charge in [0.05, 0.1) is 16.6 Å². The van der Waals surface area contributed by atoms with E-state index in [1.165, 1.54) is 23.6 Å². The number of hydrogen-bond donors (Lipinski definition) is 0. The van der Waals surface area contributed by atoms with E-state index in [2.05, 4.69) is 4.98 Å². The smallest absolute Gasteiger partial charge is 0.296 e. The zero-order valence-corrected chi connectivity index (χ0v) is 8.27. The molecule has 6 heteroatoms. The maximum Gasteiger partial charge on any atom is 0.296 e. The average molecular weight is 219 g/mol. The molecule has 0 unspecified atom stereocenters. The second-order valence-corrected chi connectivity index (χ2v) is 3.98. The van der Waals surface area contributed by atoms with Crippen LogP contribution in [-0.4, -0.2) is 14.3 Å². The van der Waals surface area contributed by atoms with Crippen LogP contribution in [-0.2, 0) is 0 Å². The molecule has 3 aromatic rings. The summed E-state index contributed by atoms with van der Waals surface area (Å²) >= 11 is 1.52. The maximum atomic E-state index is 10.7. The molecule has 0 aromatic carbocycles. The fourth-order valence-electron chi connectivity index (χ4n) is 1.62. The maximum absolute atomic E-state index is 10.7. The van der Waals surface area contributed by atoms with Crippen molar-refractivity contribution in [2.75, 3.05) is 0 Å². The Kier molecular flexibility index (Phi) is 1.54. The summed E-state index contributed by atoms with van der Waals surface area (Å²) in [4.78, 5) is 15.4. The van der Waals surface area contributed by atoms with E-state index in [4.69, 9.17) is 0 Å². The molecule has 3 rings (SSSR count). The van der Waals surface area contributed by atoms with Gasteiger partial charge >= 0.3 is 0 Å². The van der Waals surface area contributed by atoms with Crippen LogP contribution in [0.5, 0.6) is 0 Å². The van der Waals surface area contributed by atoms with Gasteiger partial charge in [0.2, 0.25) is 0 Å². The Hall–Kier alpha value is -1.95. The monoisotopic (exact) mass is 219 g/mol. The number of fused-ring (bicyclic) bond motifs is 3. The van der Waals surface area contributed by atoms with Crippen LogP contribution in [0.3, 0.4) is 0 Å². The molecule has 0 aliphatic rings. The summed E-state index contributed by atoms with van der Waals surface area (Å²) in [5.41, 5.74) is 1.53. The van der Waals surface area contributed by atoms with Crippen molar-refractivity contribution >= 4 is 32.9 Å². The lowest BCUT2D eigenvalue weighted by atomic mass is 10.4. The highest BCUT2D eigenvalue weighted by Gasteiger charge is 2.14. The molecular weight excluding hydrogens is 214 g/mol. The number of hydrogen-bond acceptors (Lipinski definition) is 4. The van der Waals surface area contributed by atoms with Crippen LogP contribution in [0, 0.1) is 10.1 Å². The standard InChI is InChI=1S/C9H5N3O2S/c13-12(14)6-1-3-11-7-2-4-15-9(7)10-5-8(6)11/h1-5H. The van der Waals surface area contributed by atoms with E-state index in [1.807, 2.05) is 11.4 Å². The third kappa shape index (κ3) is 1.05. The molecule has 0 amide bonds. The van der Waals surface area contributed by atoms with Crippen LogP contribution in [0.15, 0.2) is 29.9 Å². The van der Waals surface area contributed by atoms with E-state index in [1.54, 1.807) is 10.6 Å². The van der Waals surface area contributed by atoms with Crippen LogP contribution >= 0.6 is 11.3 Å². The molecule has 0 N–H and O–H groups in total. The van der Waals surface area contributed by atoms with Crippen molar-refractivity contribution in [1.29, 1.82) is 0 Å². The van der Waals surface area contributed by atoms with Crippen LogP contribution in [0.2, 0.25) is 0 Å². The van der Waals surface area contributed by atoms with Crippen LogP contribution in [0.4, 0.5) is 5.69 Å². The predicted molar refractivity (Wildman–Crippen MR) is 57.2 cm³/mol. The van der Waals surface area contributed by atoms with E-state index in [0.717, 1.165) is 10.3 Å². The number of thiophene rings is 1. The van der Waals surface area contributed by atoms with Gasteiger partial charge in [-0.25, -0.2) is 4.98 Å². The predicted octanol–water partition coefficient (Wildman–Crippen LogP) is 2.46. The molecule has 74 valence electrons. The van der Waals surface area contributed by atoms with Gasteiger partial charge in [-0.05, 0) is 11.4 Å². The third-order valence-corrected chi connectivity index (χ3v) is 3.10. The molecular formula is C9H5N3O2S. The summed E-state index contributed by atoms with van der Waals surface area (Å²) in [5, 5.41) is 12.6. The van der Waals surface area contributed by atoms with Crippen molar-refractivity contribution in [2.45, 2.75) is 0 Å². The molecule has 3 heterocycles. The zero-order valence-electron chi connectivity index (χ0n) is 7.45. The summed E-state index contributed by atoms with van der Waals surface area (Å²) < 4.78 is 1.79. The van der Waals surface area contributed by atoms with Gasteiger partial charge in [0, 0.05) is 12.3 Å². The van der Waals surface area contributed by atoms with Crippen molar-refractivity contribution < 1.29 is 4.92 Å². The van der Waals surface area contributed by atoms with Gasteiger partial charge in [-0.2, -0.15) is 0 Å². The lowest BCUT2D eigenvalue weighted by Gasteiger charge is -1.95. The fourth-order valence-corrected chi connectivity index (χ4v) is 2.35. The highest BCUT2D eigenvalue weighted by Crippen LogP contribution is 2.26. The summed E-state index contributed by atoms with van der Waals surface area (Å²) in [5.74, 6) is 0. The van der Waals surface area contributed by atoms with Gasteiger partial charge in [0.15, 0.2) is 0 Å². The van der Waals surface area contributed by atoms with E-state index >= 15 is 0 Å². The Labute approximate surface area is 87.7 Å². The molecule has 15 heavy (non-hydrogen) atoms. The Bertz CT molecular complexity index is 670. The van der Waals surface area contributed by atoms with Gasteiger partial charge in [0.1, 0.15) is 10.3 Å². The molecule has 0 aliphatic carbocycles. The molecule has 3 aromatic heterocycles. The SMILES string of the molecule is O=[N+]([O-])c1ccn2c1cnc1sccc12. The van der Waals surface area contributed by atoms with Gasteiger partial charge in [0.25, 0.3) is 5.69 Å². The highest BCUT2D eigenvalue weighted by atomic mass is 32.1. The van der Waals surface area contributed by atoms with E-state index in [-0.39, 0.29) is 5.69 Å². The van der Waals surface area contributed by atoms with Crippen LogP contribution < -0.4 is 0 Å². The van der Waals surface area contributed by atoms with Gasteiger partial charge in [-0.15, -0.1) is 11.3 Å². The Morgan fingerprint density at radius 3 is 3.07 bits per heavy atom. The number of aromatic nitrogens is 2. The van der Waals surface area contributed by atoms with E-state index < -0.39 is 4.92 Å². The number of nitrogens with zero attached hydrogens (tertiary/aromatic N) is 3. The molecule has 0 saturated heterocycles. The first-order valence-corrected chi connectivity index (χ1v) is 5.13. The molecule has 0 atom stereocenters. The van der Waals surface area contributed by atoms with E-state index in [0.29, 0.717) is 5.52 Å². The largest absolute Gasteiger partial charge is 0.307 e. The molecule has 0 bridgehead atoms. The molecule has 5 nitrogen and oxygen atoms in total. The molecule has 0 radical (unpaired) electrons.